The maximum atomic E-state index is 12.8. The zero-order chi connectivity index (χ0) is 18.9. The van der Waals surface area contributed by atoms with Crippen molar-refractivity contribution in [1.29, 1.82) is 0 Å². The van der Waals surface area contributed by atoms with Crippen LogP contribution in [0.4, 0.5) is 11.6 Å². The van der Waals surface area contributed by atoms with Gasteiger partial charge in [0.15, 0.2) is 5.82 Å². The van der Waals surface area contributed by atoms with Crippen LogP contribution in [0.15, 0.2) is 54.6 Å². The SMILES string of the molecule is O=C(Cn1nc(N2CCc3ccccc32)nc1-c1ccccc1)N1CCCC1. The van der Waals surface area contributed by atoms with Gasteiger partial charge in [-0.1, -0.05) is 48.5 Å². The van der Waals surface area contributed by atoms with Crippen molar-refractivity contribution >= 4 is 17.5 Å². The van der Waals surface area contributed by atoms with Gasteiger partial charge in [-0.25, -0.2) is 4.68 Å². The quantitative estimate of drug-likeness (QED) is 0.704. The highest BCUT2D eigenvalue weighted by molar-refractivity contribution is 5.77. The first kappa shape index (κ1) is 17.0. The minimum Gasteiger partial charge on any atom is -0.341 e. The Morgan fingerprint density at radius 1 is 0.929 bits per heavy atom. The number of para-hydroxylation sites is 1. The van der Waals surface area contributed by atoms with Gasteiger partial charge in [0.05, 0.1) is 0 Å². The summed E-state index contributed by atoms with van der Waals surface area (Å²) in [4.78, 5) is 21.7. The molecule has 0 bridgehead atoms. The third-order valence-corrected chi connectivity index (χ3v) is 5.56. The van der Waals surface area contributed by atoms with Crippen molar-refractivity contribution in [2.24, 2.45) is 0 Å². The van der Waals surface area contributed by atoms with Crippen LogP contribution in [-0.2, 0) is 17.8 Å². The number of anilines is 2. The van der Waals surface area contributed by atoms with Crippen molar-refractivity contribution in [3.05, 3.63) is 60.2 Å². The molecule has 0 spiro atoms. The molecule has 1 amide bonds. The number of amides is 1. The van der Waals surface area contributed by atoms with E-state index in [1.54, 1.807) is 4.68 Å². The molecular weight excluding hydrogens is 350 g/mol. The number of benzene rings is 2. The van der Waals surface area contributed by atoms with Crippen molar-refractivity contribution < 1.29 is 4.79 Å². The van der Waals surface area contributed by atoms with E-state index in [1.807, 2.05) is 41.3 Å². The molecule has 0 radical (unpaired) electrons. The van der Waals surface area contributed by atoms with E-state index < -0.39 is 0 Å². The van der Waals surface area contributed by atoms with Crippen molar-refractivity contribution in [2.45, 2.75) is 25.8 Å². The van der Waals surface area contributed by atoms with E-state index >= 15 is 0 Å². The van der Waals surface area contributed by atoms with E-state index in [0.717, 1.165) is 56.0 Å². The Kier molecular flexibility index (Phi) is 4.31. The minimum absolute atomic E-state index is 0.118. The van der Waals surface area contributed by atoms with Crippen LogP contribution < -0.4 is 4.90 Å². The van der Waals surface area contributed by atoms with Gasteiger partial charge in [-0.2, -0.15) is 4.98 Å². The topological polar surface area (TPSA) is 54.3 Å². The molecule has 142 valence electrons. The third-order valence-electron chi connectivity index (χ3n) is 5.56. The van der Waals surface area contributed by atoms with Crippen LogP contribution in [0.5, 0.6) is 0 Å². The number of fused-ring (bicyclic) bond motifs is 1. The third kappa shape index (κ3) is 3.05. The summed E-state index contributed by atoms with van der Waals surface area (Å²) in [6.07, 6.45) is 3.16. The molecule has 1 fully saturated rings. The molecule has 1 saturated heterocycles. The van der Waals surface area contributed by atoms with Crippen molar-refractivity contribution in [1.82, 2.24) is 19.7 Å². The molecule has 2 aromatic carbocycles. The molecule has 6 heteroatoms. The first-order valence-corrected chi connectivity index (χ1v) is 9.93. The molecule has 0 saturated carbocycles. The lowest BCUT2D eigenvalue weighted by molar-refractivity contribution is -0.130. The lowest BCUT2D eigenvalue weighted by atomic mass is 10.2. The first-order chi connectivity index (χ1) is 13.8. The molecule has 0 unspecified atom stereocenters. The van der Waals surface area contributed by atoms with Gasteiger partial charge in [-0.3, -0.25) is 4.79 Å². The Morgan fingerprint density at radius 3 is 2.50 bits per heavy atom. The fraction of sp³-hybridized carbons (Fsp3) is 0.318. The van der Waals surface area contributed by atoms with E-state index in [0.29, 0.717) is 5.95 Å². The zero-order valence-electron chi connectivity index (χ0n) is 15.8. The standard InChI is InChI=1S/C22H23N5O/c28-20(25-13-6-7-14-25)16-27-21(18-9-2-1-3-10-18)23-22(24-27)26-15-12-17-8-4-5-11-19(17)26/h1-5,8-11H,6-7,12-16H2. The predicted octanol–water partition coefficient (Wildman–Crippen LogP) is 3.26. The van der Waals surface area contributed by atoms with E-state index in [-0.39, 0.29) is 12.5 Å². The number of rotatable bonds is 4. The van der Waals surface area contributed by atoms with E-state index in [2.05, 4.69) is 23.1 Å². The largest absolute Gasteiger partial charge is 0.341 e. The van der Waals surface area contributed by atoms with Crippen molar-refractivity contribution in [2.75, 3.05) is 24.5 Å². The van der Waals surface area contributed by atoms with Crippen molar-refractivity contribution in [3.63, 3.8) is 0 Å². The maximum Gasteiger partial charge on any atom is 0.249 e. The van der Waals surface area contributed by atoms with Crippen LogP contribution in [0.1, 0.15) is 18.4 Å². The van der Waals surface area contributed by atoms with E-state index in [9.17, 15) is 4.79 Å². The Morgan fingerprint density at radius 2 is 1.68 bits per heavy atom. The maximum absolute atomic E-state index is 12.8. The lowest BCUT2D eigenvalue weighted by Gasteiger charge is -2.16. The number of carbonyl (C=O) groups is 1. The number of hydrogen-bond acceptors (Lipinski definition) is 4. The fourth-order valence-electron chi connectivity index (χ4n) is 4.10. The van der Waals surface area contributed by atoms with Crippen LogP contribution in [-0.4, -0.2) is 45.2 Å². The summed E-state index contributed by atoms with van der Waals surface area (Å²) in [7, 11) is 0. The Labute approximate surface area is 164 Å². The molecule has 0 aliphatic carbocycles. The minimum atomic E-state index is 0.118. The second-order valence-electron chi connectivity index (χ2n) is 7.38. The second-order valence-corrected chi connectivity index (χ2v) is 7.38. The molecular formula is C22H23N5O. The molecule has 0 atom stereocenters. The van der Waals surface area contributed by atoms with Gasteiger partial charge in [0, 0.05) is 30.9 Å². The Balaban J connectivity index is 1.51. The summed E-state index contributed by atoms with van der Waals surface area (Å²) in [5.74, 6) is 1.53. The van der Waals surface area contributed by atoms with Crippen LogP contribution in [0.25, 0.3) is 11.4 Å². The average molecular weight is 373 g/mol. The zero-order valence-corrected chi connectivity index (χ0v) is 15.8. The van der Waals surface area contributed by atoms with Gasteiger partial charge in [0.1, 0.15) is 6.54 Å². The van der Waals surface area contributed by atoms with Gasteiger partial charge >= 0.3 is 0 Å². The summed E-state index contributed by atoms with van der Waals surface area (Å²) in [5.41, 5.74) is 3.45. The molecule has 3 aromatic rings. The number of hydrogen-bond donors (Lipinski definition) is 0. The van der Waals surface area contributed by atoms with Gasteiger partial charge in [-0.15, -0.1) is 5.10 Å². The highest BCUT2D eigenvalue weighted by atomic mass is 16.2. The molecule has 28 heavy (non-hydrogen) atoms. The van der Waals surface area contributed by atoms with Gasteiger partial charge in [0.2, 0.25) is 11.9 Å². The van der Waals surface area contributed by atoms with E-state index in [1.165, 1.54) is 5.56 Å². The number of nitrogens with zero attached hydrogens (tertiary/aromatic N) is 5. The molecule has 3 heterocycles. The summed E-state index contributed by atoms with van der Waals surface area (Å²) in [5, 5.41) is 4.76. The molecule has 2 aliphatic heterocycles. The molecule has 2 aliphatic rings. The van der Waals surface area contributed by atoms with Gasteiger partial charge in [0.25, 0.3) is 0 Å². The first-order valence-electron chi connectivity index (χ1n) is 9.93. The van der Waals surface area contributed by atoms with Crippen LogP contribution in [0.3, 0.4) is 0 Å². The van der Waals surface area contributed by atoms with E-state index in [4.69, 9.17) is 10.1 Å². The normalized spacial score (nSPS) is 15.9. The van der Waals surface area contributed by atoms with Crippen LogP contribution in [0, 0.1) is 0 Å². The monoisotopic (exact) mass is 373 g/mol. The lowest BCUT2D eigenvalue weighted by Crippen LogP contribution is -2.31. The number of carbonyl (C=O) groups excluding carboxylic acids is 1. The highest BCUT2D eigenvalue weighted by Crippen LogP contribution is 2.33. The highest BCUT2D eigenvalue weighted by Gasteiger charge is 2.26. The molecule has 0 N–H and O–H groups in total. The summed E-state index contributed by atoms with van der Waals surface area (Å²) in [6.45, 7) is 2.78. The summed E-state index contributed by atoms with van der Waals surface area (Å²) >= 11 is 0. The number of aromatic nitrogens is 3. The number of likely N-dealkylation sites (tertiary alicyclic amines) is 1. The Hall–Kier alpha value is -3.15. The average Bonchev–Trinajstić information content (AvgIpc) is 3.48. The van der Waals surface area contributed by atoms with Gasteiger partial charge < -0.3 is 9.80 Å². The predicted molar refractivity (Wildman–Crippen MR) is 108 cm³/mol. The van der Waals surface area contributed by atoms with Crippen molar-refractivity contribution in [3.8, 4) is 11.4 Å². The fourth-order valence-corrected chi connectivity index (χ4v) is 4.10. The molecule has 6 nitrogen and oxygen atoms in total. The smallest absolute Gasteiger partial charge is 0.249 e. The van der Waals surface area contributed by atoms with Crippen LogP contribution >= 0.6 is 0 Å². The summed E-state index contributed by atoms with van der Waals surface area (Å²) in [6, 6.07) is 18.4. The molecule has 1 aromatic heterocycles. The Bertz CT molecular complexity index is 991. The summed E-state index contributed by atoms with van der Waals surface area (Å²) < 4.78 is 1.77. The van der Waals surface area contributed by atoms with Gasteiger partial charge in [-0.05, 0) is 30.9 Å². The van der Waals surface area contributed by atoms with Crippen LogP contribution in [0.2, 0.25) is 0 Å². The molecule has 5 rings (SSSR count). The second kappa shape index (κ2) is 7.11.